The van der Waals surface area contributed by atoms with E-state index in [-0.39, 0.29) is 24.5 Å². The van der Waals surface area contributed by atoms with Crippen LogP contribution in [-0.2, 0) is 20.8 Å². The number of ether oxygens (including phenoxy) is 2. The van der Waals surface area contributed by atoms with Crippen LogP contribution >= 0.6 is 0 Å². The maximum Gasteiger partial charge on any atom is 0.411 e. The van der Waals surface area contributed by atoms with Crippen LogP contribution in [0.15, 0.2) is 54.7 Å². The molecule has 0 saturated heterocycles. The van der Waals surface area contributed by atoms with Gasteiger partial charge in [-0.1, -0.05) is 18.6 Å². The van der Waals surface area contributed by atoms with Crippen LogP contribution in [0.4, 0.5) is 16.2 Å². The molecule has 220 valence electrons. The molecule has 5 rings (SSSR count). The molecule has 2 aliphatic rings. The summed E-state index contributed by atoms with van der Waals surface area (Å²) in [6, 6.07) is 14.5. The fraction of sp³-hybridized carbons (Fsp3) is 0.375. The number of nitrogens with two attached hydrogens (primary N) is 1. The molecule has 0 radical (unpaired) electrons. The van der Waals surface area contributed by atoms with E-state index in [0.717, 1.165) is 41.6 Å². The molecule has 3 amide bonds. The van der Waals surface area contributed by atoms with E-state index < -0.39 is 6.09 Å². The van der Waals surface area contributed by atoms with Crippen molar-refractivity contribution in [1.82, 2.24) is 10.3 Å². The number of nitrogens with zero attached hydrogens (tertiary/aromatic N) is 1. The lowest BCUT2D eigenvalue weighted by molar-refractivity contribution is -0.116. The number of fused-ring (bicyclic) bond motifs is 4. The van der Waals surface area contributed by atoms with Crippen molar-refractivity contribution in [2.75, 3.05) is 31.0 Å². The minimum absolute atomic E-state index is 0.126. The third-order valence-corrected chi connectivity index (χ3v) is 7.61. The Morgan fingerprint density at radius 3 is 2.69 bits per heavy atom. The summed E-state index contributed by atoms with van der Waals surface area (Å²) in [5.41, 5.74) is 12.2. The number of nitrogens with one attached hydrogen (secondary N) is 3. The Labute approximate surface area is 245 Å². The van der Waals surface area contributed by atoms with Crippen molar-refractivity contribution in [2.24, 2.45) is 5.73 Å². The molecule has 1 atom stereocenters. The van der Waals surface area contributed by atoms with Gasteiger partial charge >= 0.3 is 6.09 Å². The smallest absolute Gasteiger partial charge is 0.411 e. The van der Waals surface area contributed by atoms with E-state index in [0.29, 0.717) is 55.3 Å². The first kappa shape index (κ1) is 29.2. The predicted molar refractivity (Wildman–Crippen MR) is 160 cm³/mol. The van der Waals surface area contributed by atoms with Crippen molar-refractivity contribution in [2.45, 2.75) is 57.0 Å². The first-order chi connectivity index (χ1) is 20.4. The molecule has 1 aliphatic carbocycles. The van der Waals surface area contributed by atoms with Gasteiger partial charge in [-0.25, -0.2) is 4.79 Å². The molecule has 2 heterocycles. The quantitative estimate of drug-likeness (QED) is 0.270. The number of anilines is 2. The van der Waals surface area contributed by atoms with Gasteiger partial charge in [0.25, 0.3) is 5.91 Å². The number of benzene rings is 2. The zero-order valence-electron chi connectivity index (χ0n) is 23.8. The number of amides is 3. The van der Waals surface area contributed by atoms with Crippen molar-refractivity contribution in [3.63, 3.8) is 0 Å². The number of aromatic nitrogens is 1. The van der Waals surface area contributed by atoms with Crippen LogP contribution in [0.3, 0.4) is 0 Å². The molecule has 1 fully saturated rings. The summed E-state index contributed by atoms with van der Waals surface area (Å²) in [5, 5.41) is 8.89. The summed E-state index contributed by atoms with van der Waals surface area (Å²) < 4.78 is 10.0. The minimum atomic E-state index is -0.613. The zero-order valence-corrected chi connectivity index (χ0v) is 23.8. The Balaban J connectivity index is 1.40. The van der Waals surface area contributed by atoms with Gasteiger partial charge in [0.15, 0.2) is 0 Å². The summed E-state index contributed by atoms with van der Waals surface area (Å²) in [4.78, 5) is 43.1. The fourth-order valence-corrected chi connectivity index (χ4v) is 5.23. The second kappa shape index (κ2) is 13.6. The lowest BCUT2D eigenvalue weighted by Gasteiger charge is -2.21. The highest BCUT2D eigenvalue weighted by molar-refractivity contribution is 5.98. The highest BCUT2D eigenvalue weighted by Crippen LogP contribution is 2.42. The summed E-state index contributed by atoms with van der Waals surface area (Å²) in [5.74, 6) is 0.203. The van der Waals surface area contributed by atoms with Crippen molar-refractivity contribution in [1.29, 1.82) is 0 Å². The van der Waals surface area contributed by atoms with Gasteiger partial charge in [0.2, 0.25) is 5.91 Å². The van der Waals surface area contributed by atoms with Crippen molar-refractivity contribution < 1.29 is 23.9 Å². The van der Waals surface area contributed by atoms with E-state index in [1.54, 1.807) is 18.3 Å². The molecule has 42 heavy (non-hydrogen) atoms. The Bertz CT molecular complexity index is 1450. The van der Waals surface area contributed by atoms with Gasteiger partial charge in [0.05, 0.1) is 24.0 Å². The molecule has 1 saturated carbocycles. The highest BCUT2D eigenvalue weighted by atomic mass is 16.6. The number of carbonyl (C=O) groups excluding carboxylic acids is 3. The van der Waals surface area contributed by atoms with Gasteiger partial charge in [-0.3, -0.25) is 19.9 Å². The average molecular weight is 572 g/mol. The summed E-state index contributed by atoms with van der Waals surface area (Å²) in [7, 11) is 1.53. The molecule has 0 unspecified atom stereocenters. The molecule has 1 aromatic heterocycles. The predicted octanol–water partition coefficient (Wildman–Crippen LogP) is 5.26. The molecule has 0 spiro atoms. The molecule has 10 heteroatoms. The third kappa shape index (κ3) is 7.32. The zero-order chi connectivity index (χ0) is 29.5. The molecule has 10 nitrogen and oxygen atoms in total. The molecular formula is C32H37N5O5. The number of carbonyl (C=O) groups is 3. The topological polar surface area (TPSA) is 145 Å². The van der Waals surface area contributed by atoms with Gasteiger partial charge in [-0.05, 0) is 84.7 Å². The number of rotatable bonds is 8. The summed E-state index contributed by atoms with van der Waals surface area (Å²) in [6.45, 7) is 0.877. The lowest BCUT2D eigenvalue weighted by Crippen LogP contribution is -2.29. The van der Waals surface area contributed by atoms with Crippen LogP contribution in [-0.4, -0.2) is 43.2 Å². The molecule has 1 aliphatic heterocycles. The van der Waals surface area contributed by atoms with Crippen LogP contribution in [0.1, 0.15) is 77.7 Å². The Kier molecular flexibility index (Phi) is 9.45. The Hall–Kier alpha value is -4.28. The SMILES string of the molecule is COCCOC(=O)Nc1ccc2c(c1)NC(=O)CCCC[C@H](NC(=O)c1ccc(CN)c(C3CC3)c1)c1cc-2ccn1. The largest absolute Gasteiger partial charge is 0.447 e. The van der Waals surface area contributed by atoms with Crippen LogP contribution in [0.25, 0.3) is 11.1 Å². The second-order valence-electron chi connectivity index (χ2n) is 10.7. The van der Waals surface area contributed by atoms with Gasteiger partial charge < -0.3 is 25.8 Å². The van der Waals surface area contributed by atoms with E-state index in [1.807, 2.05) is 36.4 Å². The number of methoxy groups -OCH3 is 1. The Morgan fingerprint density at radius 1 is 1.05 bits per heavy atom. The van der Waals surface area contributed by atoms with Crippen LogP contribution in [0.5, 0.6) is 0 Å². The van der Waals surface area contributed by atoms with Gasteiger partial charge in [-0.15, -0.1) is 0 Å². The minimum Gasteiger partial charge on any atom is -0.447 e. The monoisotopic (exact) mass is 571 g/mol. The van der Waals surface area contributed by atoms with E-state index in [1.165, 1.54) is 12.7 Å². The summed E-state index contributed by atoms with van der Waals surface area (Å²) in [6.07, 6.45) is 5.70. The summed E-state index contributed by atoms with van der Waals surface area (Å²) >= 11 is 0. The van der Waals surface area contributed by atoms with Crippen LogP contribution in [0, 0.1) is 0 Å². The second-order valence-corrected chi connectivity index (χ2v) is 10.7. The first-order valence-electron chi connectivity index (χ1n) is 14.4. The van der Waals surface area contributed by atoms with E-state index in [9.17, 15) is 14.4 Å². The number of pyridine rings is 1. The van der Waals surface area contributed by atoms with Crippen molar-refractivity contribution in [3.8, 4) is 11.1 Å². The van der Waals surface area contributed by atoms with Gasteiger partial charge in [0.1, 0.15) is 6.61 Å². The standard InChI is InChI=1S/C32H37N5O5/c1-41-14-15-42-32(40)35-24-10-11-25-21-12-13-34-29(17-21)27(4-2-3-5-30(38)36-28(25)18-24)37-31(39)22-8-9-23(19-33)26(16-22)20-6-7-20/h8-13,16-18,20,27H,2-7,14-15,19,33H2,1H3,(H,35,40)(H,36,38)(H,37,39)/t27-/m0/s1. The molecule has 5 N–H and O–H groups in total. The van der Waals surface area contributed by atoms with Crippen LogP contribution in [0.2, 0.25) is 0 Å². The Morgan fingerprint density at radius 2 is 1.90 bits per heavy atom. The normalized spacial score (nSPS) is 16.7. The van der Waals surface area contributed by atoms with E-state index >= 15 is 0 Å². The lowest BCUT2D eigenvalue weighted by atomic mass is 9.97. The fourth-order valence-electron chi connectivity index (χ4n) is 5.23. The number of hydrogen-bond donors (Lipinski definition) is 4. The maximum absolute atomic E-state index is 13.5. The van der Waals surface area contributed by atoms with Crippen molar-refractivity contribution in [3.05, 3.63) is 77.1 Å². The first-order valence-corrected chi connectivity index (χ1v) is 14.4. The van der Waals surface area contributed by atoms with Gasteiger partial charge in [0, 0.05) is 43.1 Å². The van der Waals surface area contributed by atoms with E-state index in [2.05, 4.69) is 20.9 Å². The van der Waals surface area contributed by atoms with Crippen molar-refractivity contribution >= 4 is 29.3 Å². The van der Waals surface area contributed by atoms with Crippen LogP contribution < -0.4 is 21.7 Å². The molecule has 2 bridgehead atoms. The highest BCUT2D eigenvalue weighted by Gasteiger charge is 2.27. The average Bonchev–Trinajstić information content (AvgIpc) is 3.84. The molecule has 2 aromatic carbocycles. The number of hydrogen-bond acceptors (Lipinski definition) is 7. The van der Waals surface area contributed by atoms with Gasteiger partial charge in [-0.2, -0.15) is 0 Å². The maximum atomic E-state index is 13.5. The third-order valence-electron chi connectivity index (χ3n) is 7.61. The molecular weight excluding hydrogens is 534 g/mol. The molecule has 3 aromatic rings. The van der Waals surface area contributed by atoms with E-state index in [4.69, 9.17) is 15.2 Å².